The van der Waals surface area contributed by atoms with Gasteiger partial charge in [-0.3, -0.25) is 4.79 Å². The van der Waals surface area contributed by atoms with Crippen LogP contribution in [0, 0.1) is 11.7 Å². The van der Waals surface area contributed by atoms with Crippen molar-refractivity contribution in [2.45, 2.75) is 19.3 Å². The maximum Gasteiger partial charge on any atom is 0.223 e. The molecular weight excluding hydrogens is 347 g/mol. The quantitative estimate of drug-likeness (QED) is 0.744. The van der Waals surface area contributed by atoms with Gasteiger partial charge in [-0.2, -0.15) is 4.52 Å². The monoisotopic (exact) mass is 368 g/mol. The third-order valence-electron chi connectivity index (χ3n) is 4.94. The molecule has 0 bridgehead atoms. The van der Waals surface area contributed by atoms with E-state index in [1.54, 1.807) is 16.9 Å². The fourth-order valence-corrected chi connectivity index (χ4v) is 3.42. The molecule has 1 aliphatic heterocycles. The minimum Gasteiger partial charge on any atom is -0.356 e. The average molecular weight is 368 g/mol. The second kappa shape index (κ2) is 7.69. The number of carbonyl (C=O) groups is 1. The van der Waals surface area contributed by atoms with Crippen LogP contribution in [0.1, 0.15) is 18.4 Å². The zero-order valence-corrected chi connectivity index (χ0v) is 14.9. The molecule has 7 nitrogen and oxygen atoms in total. The molecular formula is C19H21FN6O. The van der Waals surface area contributed by atoms with Crippen LogP contribution in [-0.2, 0) is 11.2 Å². The minimum atomic E-state index is -0.246. The van der Waals surface area contributed by atoms with Gasteiger partial charge in [0.05, 0.1) is 0 Å². The number of aromatic nitrogens is 4. The van der Waals surface area contributed by atoms with Gasteiger partial charge < -0.3 is 10.2 Å². The Bertz CT molecular complexity index is 935. The zero-order chi connectivity index (χ0) is 18.6. The number of piperidine rings is 1. The van der Waals surface area contributed by atoms with Gasteiger partial charge in [-0.05, 0) is 49.1 Å². The Morgan fingerprint density at radius 2 is 2.07 bits per heavy atom. The number of carbonyl (C=O) groups excluding carboxylic acids is 1. The standard InChI is InChI=1S/C19H21FN6O/c20-16-3-1-2-14(12-16)6-9-21-19(27)15-7-10-25(11-8-15)18-5-4-17-23-22-13-26(17)24-18/h1-5,12-13,15H,6-11H2,(H,21,27). The Labute approximate surface area is 156 Å². The summed E-state index contributed by atoms with van der Waals surface area (Å²) in [5, 5.41) is 15.3. The van der Waals surface area contributed by atoms with Gasteiger partial charge in [-0.25, -0.2) is 4.39 Å². The number of fused-ring (bicyclic) bond motifs is 1. The third kappa shape index (κ3) is 4.05. The molecule has 1 N–H and O–H groups in total. The predicted molar refractivity (Wildman–Crippen MR) is 98.8 cm³/mol. The second-order valence-corrected chi connectivity index (χ2v) is 6.76. The molecule has 4 rings (SSSR count). The second-order valence-electron chi connectivity index (χ2n) is 6.76. The van der Waals surface area contributed by atoms with E-state index in [0.29, 0.717) is 18.6 Å². The van der Waals surface area contributed by atoms with Gasteiger partial charge >= 0.3 is 0 Å². The Morgan fingerprint density at radius 1 is 1.22 bits per heavy atom. The lowest BCUT2D eigenvalue weighted by molar-refractivity contribution is -0.125. The molecule has 1 aliphatic rings. The highest BCUT2D eigenvalue weighted by Gasteiger charge is 2.25. The molecule has 27 heavy (non-hydrogen) atoms. The molecule has 0 atom stereocenters. The predicted octanol–water partition coefficient (Wildman–Crippen LogP) is 1.84. The van der Waals surface area contributed by atoms with Crippen molar-refractivity contribution >= 4 is 17.4 Å². The number of hydrogen-bond acceptors (Lipinski definition) is 5. The van der Waals surface area contributed by atoms with Crippen LogP contribution in [0.4, 0.5) is 10.2 Å². The van der Waals surface area contributed by atoms with E-state index in [0.717, 1.165) is 37.3 Å². The van der Waals surface area contributed by atoms with Crippen LogP contribution in [-0.4, -0.2) is 45.4 Å². The van der Waals surface area contributed by atoms with Crippen LogP contribution >= 0.6 is 0 Å². The molecule has 1 amide bonds. The van der Waals surface area contributed by atoms with E-state index < -0.39 is 0 Å². The summed E-state index contributed by atoms with van der Waals surface area (Å²) in [5.74, 6) is 0.706. The summed E-state index contributed by atoms with van der Waals surface area (Å²) in [6, 6.07) is 10.3. The summed E-state index contributed by atoms with van der Waals surface area (Å²) >= 11 is 0. The van der Waals surface area contributed by atoms with Crippen molar-refractivity contribution in [1.82, 2.24) is 25.1 Å². The van der Waals surface area contributed by atoms with Crippen LogP contribution < -0.4 is 10.2 Å². The van der Waals surface area contributed by atoms with Crippen LogP contribution in [0.5, 0.6) is 0 Å². The largest absolute Gasteiger partial charge is 0.356 e. The number of nitrogens with one attached hydrogen (secondary N) is 1. The summed E-state index contributed by atoms with van der Waals surface area (Å²) < 4.78 is 14.8. The first-order valence-corrected chi connectivity index (χ1v) is 9.13. The Kier molecular flexibility index (Phi) is 4.95. The Hall–Kier alpha value is -3.03. The van der Waals surface area contributed by atoms with E-state index >= 15 is 0 Å². The SMILES string of the molecule is O=C(NCCc1cccc(F)c1)C1CCN(c2ccc3nncn3n2)CC1. The van der Waals surface area contributed by atoms with Crippen LogP contribution in [0.15, 0.2) is 42.7 Å². The number of amides is 1. The first-order chi connectivity index (χ1) is 13.2. The third-order valence-corrected chi connectivity index (χ3v) is 4.94. The van der Waals surface area contributed by atoms with Crippen molar-refractivity contribution in [3.63, 3.8) is 0 Å². The molecule has 0 aliphatic carbocycles. The van der Waals surface area contributed by atoms with Crippen LogP contribution in [0.25, 0.3) is 5.65 Å². The molecule has 2 aromatic heterocycles. The van der Waals surface area contributed by atoms with E-state index in [-0.39, 0.29) is 17.6 Å². The maximum absolute atomic E-state index is 13.2. The number of hydrogen-bond donors (Lipinski definition) is 1. The molecule has 0 saturated carbocycles. The number of anilines is 1. The van der Waals surface area contributed by atoms with Crippen molar-refractivity contribution in [3.8, 4) is 0 Å². The lowest BCUT2D eigenvalue weighted by atomic mass is 9.96. The van der Waals surface area contributed by atoms with Gasteiger partial charge in [0.25, 0.3) is 0 Å². The van der Waals surface area contributed by atoms with Gasteiger partial charge in [0.2, 0.25) is 5.91 Å². The van der Waals surface area contributed by atoms with Crippen LogP contribution in [0.2, 0.25) is 0 Å². The molecule has 0 spiro atoms. The summed E-state index contributed by atoms with van der Waals surface area (Å²) in [6.45, 7) is 2.08. The summed E-state index contributed by atoms with van der Waals surface area (Å²) in [7, 11) is 0. The van der Waals surface area contributed by atoms with E-state index in [1.807, 2.05) is 18.2 Å². The van der Waals surface area contributed by atoms with E-state index in [4.69, 9.17) is 0 Å². The zero-order valence-electron chi connectivity index (χ0n) is 14.9. The molecule has 3 aromatic rings. The minimum absolute atomic E-state index is 0.00685. The van der Waals surface area contributed by atoms with E-state index in [1.165, 1.54) is 12.1 Å². The van der Waals surface area contributed by atoms with Gasteiger partial charge in [0.1, 0.15) is 18.0 Å². The molecule has 140 valence electrons. The number of benzene rings is 1. The first kappa shape index (κ1) is 17.4. The summed E-state index contributed by atoms with van der Waals surface area (Å²) in [6.07, 6.45) is 3.78. The van der Waals surface area contributed by atoms with Crippen LogP contribution in [0.3, 0.4) is 0 Å². The van der Waals surface area contributed by atoms with E-state index in [9.17, 15) is 9.18 Å². The highest BCUT2D eigenvalue weighted by atomic mass is 19.1. The Balaban J connectivity index is 1.26. The van der Waals surface area contributed by atoms with Crippen molar-refractivity contribution in [2.75, 3.05) is 24.5 Å². The fourth-order valence-electron chi connectivity index (χ4n) is 3.42. The van der Waals surface area contributed by atoms with Gasteiger partial charge in [-0.15, -0.1) is 15.3 Å². The first-order valence-electron chi connectivity index (χ1n) is 9.13. The molecule has 0 unspecified atom stereocenters. The lowest BCUT2D eigenvalue weighted by Crippen LogP contribution is -2.41. The summed E-state index contributed by atoms with van der Waals surface area (Å²) in [5.41, 5.74) is 1.60. The van der Waals surface area contributed by atoms with Gasteiger partial charge in [-0.1, -0.05) is 12.1 Å². The molecule has 0 radical (unpaired) electrons. The number of rotatable bonds is 5. The highest BCUT2D eigenvalue weighted by molar-refractivity contribution is 5.79. The van der Waals surface area contributed by atoms with Crippen molar-refractivity contribution in [2.24, 2.45) is 5.92 Å². The van der Waals surface area contributed by atoms with Crippen molar-refractivity contribution in [3.05, 3.63) is 54.1 Å². The molecule has 3 heterocycles. The summed E-state index contributed by atoms with van der Waals surface area (Å²) in [4.78, 5) is 14.6. The van der Waals surface area contributed by atoms with E-state index in [2.05, 4.69) is 25.5 Å². The number of halogens is 1. The number of nitrogens with zero attached hydrogens (tertiary/aromatic N) is 5. The topological polar surface area (TPSA) is 75.4 Å². The van der Waals surface area contributed by atoms with Crippen molar-refractivity contribution < 1.29 is 9.18 Å². The van der Waals surface area contributed by atoms with Gasteiger partial charge in [0.15, 0.2) is 5.65 Å². The highest BCUT2D eigenvalue weighted by Crippen LogP contribution is 2.22. The Morgan fingerprint density at radius 3 is 2.89 bits per heavy atom. The van der Waals surface area contributed by atoms with Crippen molar-refractivity contribution in [1.29, 1.82) is 0 Å². The maximum atomic E-state index is 13.2. The molecule has 8 heteroatoms. The smallest absolute Gasteiger partial charge is 0.223 e. The molecule has 1 saturated heterocycles. The lowest BCUT2D eigenvalue weighted by Gasteiger charge is -2.32. The normalized spacial score (nSPS) is 15.2. The molecule has 1 aromatic carbocycles. The molecule has 1 fully saturated rings. The van der Waals surface area contributed by atoms with Gasteiger partial charge in [0, 0.05) is 25.6 Å². The fraction of sp³-hybridized carbons (Fsp3) is 0.368. The average Bonchev–Trinajstić information content (AvgIpc) is 3.16.